The Kier molecular flexibility index (Phi) is 5.97. The Hall–Kier alpha value is -0.110. The van der Waals surface area contributed by atoms with Crippen LogP contribution in [0.4, 0.5) is 13.2 Å². The largest absolute Gasteiger partial charge is 0.490 e. The van der Waals surface area contributed by atoms with Crippen LogP contribution in [0.5, 0.6) is 0 Å². The molecule has 4 saturated carbocycles. The fourth-order valence-electron chi connectivity index (χ4n) is 8.13. The maximum atomic E-state index is 12.7. The second-order valence-corrected chi connectivity index (χ2v) is 13.4. The third-order valence-corrected chi connectivity index (χ3v) is 13.2. The van der Waals surface area contributed by atoms with Crippen molar-refractivity contribution in [3.05, 3.63) is 0 Å². The summed E-state index contributed by atoms with van der Waals surface area (Å²) in [6, 6.07) is 0. The second-order valence-electron chi connectivity index (χ2n) is 10.9. The fraction of sp³-hybridized carbons (Fsp3) is 0.913. The molecule has 0 aromatic carbocycles. The molecule has 9 atom stereocenters. The number of ketones is 1. The Morgan fingerprint density at radius 1 is 1.03 bits per heavy atom. The summed E-state index contributed by atoms with van der Waals surface area (Å²) in [6.45, 7) is 6.31. The Balaban J connectivity index is 1.58. The Bertz CT molecular complexity index is 774. The molecule has 0 amide bonds. The number of rotatable bonds is 2. The van der Waals surface area contributed by atoms with E-state index < -0.39 is 22.6 Å². The molecule has 0 saturated heterocycles. The number of alkyl halides is 5. The molecule has 0 bridgehead atoms. The highest BCUT2D eigenvalue weighted by molar-refractivity contribution is 9.12. The van der Waals surface area contributed by atoms with Crippen LogP contribution in [-0.2, 0) is 14.3 Å². The van der Waals surface area contributed by atoms with Crippen molar-refractivity contribution in [3.63, 3.8) is 0 Å². The molecule has 4 aliphatic rings. The summed E-state index contributed by atoms with van der Waals surface area (Å²) >= 11 is 7.88. The topological polar surface area (TPSA) is 43.4 Å². The van der Waals surface area contributed by atoms with Crippen LogP contribution >= 0.6 is 31.9 Å². The van der Waals surface area contributed by atoms with Crippen LogP contribution in [0.15, 0.2) is 0 Å². The number of hydrogen-bond donors (Lipinski definition) is 0. The Morgan fingerprint density at radius 2 is 1.71 bits per heavy atom. The van der Waals surface area contributed by atoms with Gasteiger partial charge in [0, 0.05) is 21.5 Å². The standard InChI is InChI=1S/C23H31Br2F3O3/c1-12(29)15-4-5-16-14-10-18(24)22(25)11-13(31-19(30)23(26,27)28)6-9-21(22,3)17(14)7-8-20(15,16)2/h13-18H,4-11H2,1-3H3/t13?,14-,15+,16-,17-,18?,20+,21+,22?/m0/s1. The van der Waals surface area contributed by atoms with Crippen molar-refractivity contribution in [2.24, 2.45) is 34.5 Å². The highest BCUT2D eigenvalue weighted by atomic mass is 79.9. The van der Waals surface area contributed by atoms with Crippen molar-refractivity contribution in [2.45, 2.75) is 93.6 Å². The Morgan fingerprint density at radius 3 is 2.32 bits per heavy atom. The first-order chi connectivity index (χ1) is 14.2. The fourth-order valence-corrected chi connectivity index (χ4v) is 10.3. The lowest BCUT2D eigenvalue weighted by Gasteiger charge is -2.65. The van der Waals surface area contributed by atoms with Crippen molar-refractivity contribution >= 4 is 43.6 Å². The summed E-state index contributed by atoms with van der Waals surface area (Å²) < 4.78 is 42.7. The molecule has 176 valence electrons. The normalized spacial score (nSPS) is 49.5. The van der Waals surface area contributed by atoms with Crippen LogP contribution in [0, 0.1) is 34.5 Å². The van der Waals surface area contributed by atoms with Crippen molar-refractivity contribution in [3.8, 4) is 0 Å². The molecule has 4 rings (SSSR count). The number of Topliss-reactive ketones (excluding diaryl/α,β-unsaturated/α-hetero) is 1. The van der Waals surface area contributed by atoms with Gasteiger partial charge < -0.3 is 4.74 Å². The van der Waals surface area contributed by atoms with Crippen molar-refractivity contribution in [1.29, 1.82) is 0 Å². The maximum Gasteiger partial charge on any atom is 0.490 e. The average Bonchev–Trinajstić information content (AvgIpc) is 3.01. The van der Waals surface area contributed by atoms with Crippen molar-refractivity contribution in [1.82, 2.24) is 0 Å². The van der Waals surface area contributed by atoms with Gasteiger partial charge in [-0.2, -0.15) is 13.2 Å². The minimum Gasteiger partial charge on any atom is -0.456 e. The van der Waals surface area contributed by atoms with Gasteiger partial charge in [-0.1, -0.05) is 45.7 Å². The van der Waals surface area contributed by atoms with Crippen LogP contribution < -0.4 is 0 Å². The number of hydrogen-bond acceptors (Lipinski definition) is 3. The van der Waals surface area contributed by atoms with Crippen molar-refractivity contribution < 1.29 is 27.5 Å². The first-order valence-corrected chi connectivity index (χ1v) is 13.1. The minimum atomic E-state index is -4.96. The van der Waals surface area contributed by atoms with E-state index in [1.165, 1.54) is 0 Å². The van der Waals surface area contributed by atoms with E-state index >= 15 is 0 Å². The second kappa shape index (κ2) is 7.71. The molecule has 0 spiro atoms. The van der Waals surface area contributed by atoms with Gasteiger partial charge in [0.05, 0.1) is 0 Å². The smallest absolute Gasteiger partial charge is 0.456 e. The van der Waals surface area contributed by atoms with E-state index in [2.05, 4.69) is 45.7 Å². The SMILES string of the molecule is CC(=O)[C@H]1CC[C@H]2[C@@H]3CC(Br)C4(Br)CC(OC(=O)C(F)(F)F)CC[C@]4(C)[C@H]3CC[C@]12C. The zero-order valence-electron chi connectivity index (χ0n) is 18.2. The number of esters is 1. The monoisotopic (exact) mass is 570 g/mol. The molecular weight excluding hydrogens is 541 g/mol. The summed E-state index contributed by atoms with van der Waals surface area (Å²) in [5.74, 6) is -0.182. The van der Waals surface area contributed by atoms with Crippen LogP contribution in [0.25, 0.3) is 0 Å². The van der Waals surface area contributed by atoms with E-state index in [-0.39, 0.29) is 21.6 Å². The summed E-state index contributed by atoms with van der Waals surface area (Å²) in [5, 5.41) is 0. The molecule has 3 nitrogen and oxygen atoms in total. The highest BCUT2D eigenvalue weighted by Crippen LogP contribution is 2.71. The van der Waals surface area contributed by atoms with Crippen LogP contribution in [0.1, 0.15) is 72.1 Å². The van der Waals surface area contributed by atoms with Crippen molar-refractivity contribution in [2.75, 3.05) is 0 Å². The summed E-state index contributed by atoms with van der Waals surface area (Å²) in [7, 11) is 0. The number of carbonyl (C=O) groups excluding carboxylic acids is 2. The lowest BCUT2D eigenvalue weighted by molar-refractivity contribution is -0.209. The Labute approximate surface area is 198 Å². The van der Waals surface area contributed by atoms with E-state index in [1.807, 2.05) is 0 Å². The number of halogens is 5. The molecule has 0 aromatic rings. The molecule has 4 aliphatic carbocycles. The van der Waals surface area contributed by atoms with Gasteiger partial charge >= 0.3 is 12.1 Å². The molecule has 3 unspecified atom stereocenters. The molecule has 0 aromatic heterocycles. The number of fused-ring (bicyclic) bond motifs is 5. The molecule has 8 heteroatoms. The summed E-state index contributed by atoms with van der Waals surface area (Å²) in [4.78, 5) is 23.8. The van der Waals surface area contributed by atoms with Crippen LogP contribution in [0.3, 0.4) is 0 Å². The van der Waals surface area contributed by atoms with Gasteiger partial charge in [-0.05, 0) is 80.5 Å². The summed E-state index contributed by atoms with van der Waals surface area (Å²) in [5.41, 5.74) is -0.0529. The average molecular weight is 572 g/mol. The predicted molar refractivity (Wildman–Crippen MR) is 118 cm³/mol. The minimum absolute atomic E-state index is 0.0574. The molecule has 0 heterocycles. The van der Waals surface area contributed by atoms with Crippen LogP contribution in [0.2, 0.25) is 0 Å². The van der Waals surface area contributed by atoms with Gasteiger partial charge in [-0.25, -0.2) is 4.79 Å². The molecule has 0 radical (unpaired) electrons. The first-order valence-electron chi connectivity index (χ1n) is 11.4. The number of ether oxygens (including phenoxy) is 1. The molecule has 4 fully saturated rings. The van der Waals surface area contributed by atoms with E-state index in [1.54, 1.807) is 6.92 Å². The van der Waals surface area contributed by atoms with Gasteiger partial charge in [0.25, 0.3) is 0 Å². The zero-order chi connectivity index (χ0) is 23.0. The first kappa shape index (κ1) is 24.0. The predicted octanol–water partition coefficient (Wildman–Crippen LogP) is 6.60. The zero-order valence-corrected chi connectivity index (χ0v) is 21.4. The maximum absolute atomic E-state index is 12.7. The molecule has 0 N–H and O–H groups in total. The number of carbonyl (C=O) groups is 2. The van der Waals surface area contributed by atoms with E-state index in [9.17, 15) is 22.8 Å². The van der Waals surface area contributed by atoms with E-state index in [0.717, 1.165) is 38.5 Å². The van der Waals surface area contributed by atoms with Gasteiger partial charge in [-0.3, -0.25) is 4.79 Å². The third-order valence-electron chi connectivity index (χ3n) is 9.69. The summed E-state index contributed by atoms with van der Waals surface area (Å²) in [6.07, 6.45) is 0.897. The van der Waals surface area contributed by atoms with Gasteiger partial charge in [0.1, 0.15) is 11.9 Å². The molecule has 31 heavy (non-hydrogen) atoms. The molecular formula is C23H31Br2F3O3. The van der Waals surface area contributed by atoms with Gasteiger partial charge in [0.15, 0.2) is 0 Å². The van der Waals surface area contributed by atoms with E-state index in [0.29, 0.717) is 36.4 Å². The van der Waals surface area contributed by atoms with Gasteiger partial charge in [0.2, 0.25) is 0 Å². The van der Waals surface area contributed by atoms with E-state index in [4.69, 9.17) is 4.74 Å². The van der Waals surface area contributed by atoms with Crippen LogP contribution in [-0.4, -0.2) is 33.2 Å². The third kappa shape index (κ3) is 3.55. The van der Waals surface area contributed by atoms with Gasteiger partial charge in [-0.15, -0.1) is 0 Å². The lowest BCUT2D eigenvalue weighted by Crippen LogP contribution is -2.64. The molecule has 0 aliphatic heterocycles. The highest BCUT2D eigenvalue weighted by Gasteiger charge is 2.67. The quantitative estimate of drug-likeness (QED) is 0.277. The lowest BCUT2D eigenvalue weighted by atomic mass is 9.44.